The Morgan fingerprint density at radius 3 is 2.35 bits per heavy atom. The van der Waals surface area contributed by atoms with Gasteiger partial charge in [0.15, 0.2) is 0 Å². The van der Waals surface area contributed by atoms with Crippen molar-refractivity contribution in [3.8, 4) is 11.5 Å². The molecule has 1 fully saturated rings. The lowest BCUT2D eigenvalue weighted by Crippen LogP contribution is -2.44. The van der Waals surface area contributed by atoms with Crippen molar-refractivity contribution in [1.82, 2.24) is 4.90 Å². The maximum atomic E-state index is 12.2. The molecule has 1 amide bonds. The Morgan fingerprint density at radius 2 is 1.74 bits per heavy atom. The van der Waals surface area contributed by atoms with Crippen LogP contribution in [0.1, 0.15) is 50.0 Å². The molecule has 1 saturated heterocycles. The van der Waals surface area contributed by atoms with Gasteiger partial charge in [0.2, 0.25) is 5.91 Å². The SMILES string of the molecule is Cc1cccc(C)c1Oc1ccc(C2CN(CCC(=O)OC(C)(C)C)C(=O)CO2)cc1. The van der Waals surface area contributed by atoms with E-state index in [-0.39, 0.29) is 31.0 Å². The molecule has 1 heterocycles. The molecule has 3 rings (SSSR count). The molecule has 0 aromatic heterocycles. The number of nitrogens with zero attached hydrogens (tertiary/aromatic N) is 1. The quantitative estimate of drug-likeness (QED) is 0.626. The van der Waals surface area contributed by atoms with E-state index in [0.717, 1.165) is 28.2 Å². The van der Waals surface area contributed by atoms with E-state index in [1.807, 2.05) is 77.1 Å². The molecular weight excluding hydrogens is 394 g/mol. The van der Waals surface area contributed by atoms with Gasteiger partial charge in [0.25, 0.3) is 0 Å². The fourth-order valence-electron chi connectivity index (χ4n) is 3.48. The summed E-state index contributed by atoms with van der Waals surface area (Å²) in [6.07, 6.45) is -0.0799. The highest BCUT2D eigenvalue weighted by molar-refractivity contribution is 5.79. The molecule has 6 heteroatoms. The number of amides is 1. The number of morpholine rings is 1. The van der Waals surface area contributed by atoms with E-state index in [2.05, 4.69) is 0 Å². The van der Waals surface area contributed by atoms with E-state index in [0.29, 0.717) is 13.1 Å². The van der Waals surface area contributed by atoms with E-state index in [9.17, 15) is 9.59 Å². The Balaban J connectivity index is 1.61. The molecule has 2 aromatic rings. The number of hydrogen-bond donors (Lipinski definition) is 0. The first-order valence-electron chi connectivity index (χ1n) is 10.6. The van der Waals surface area contributed by atoms with E-state index in [4.69, 9.17) is 14.2 Å². The minimum Gasteiger partial charge on any atom is -0.460 e. The summed E-state index contributed by atoms with van der Waals surface area (Å²) < 4.78 is 17.1. The molecule has 2 aromatic carbocycles. The maximum absolute atomic E-state index is 12.2. The standard InChI is InChI=1S/C25H31NO5/c1-17-7-6-8-18(2)24(17)30-20-11-9-19(10-12-20)21-15-26(22(27)16-29-21)14-13-23(28)31-25(3,4)5/h6-12,21H,13-16H2,1-5H3. The van der Waals surface area contributed by atoms with Gasteiger partial charge in [0.1, 0.15) is 29.8 Å². The molecule has 0 bridgehead atoms. The third-order valence-corrected chi connectivity index (χ3v) is 5.03. The average Bonchev–Trinajstić information content (AvgIpc) is 2.69. The highest BCUT2D eigenvalue weighted by Crippen LogP contribution is 2.30. The van der Waals surface area contributed by atoms with Gasteiger partial charge in [-0.05, 0) is 63.4 Å². The smallest absolute Gasteiger partial charge is 0.308 e. The Hall–Kier alpha value is -2.86. The molecule has 0 radical (unpaired) electrons. The summed E-state index contributed by atoms with van der Waals surface area (Å²) in [6.45, 7) is 10.3. The van der Waals surface area contributed by atoms with E-state index >= 15 is 0 Å². The summed E-state index contributed by atoms with van der Waals surface area (Å²) >= 11 is 0. The van der Waals surface area contributed by atoms with Crippen molar-refractivity contribution >= 4 is 11.9 Å². The van der Waals surface area contributed by atoms with Crippen molar-refractivity contribution < 1.29 is 23.8 Å². The predicted molar refractivity (Wildman–Crippen MR) is 118 cm³/mol. The summed E-state index contributed by atoms with van der Waals surface area (Å²) in [5.74, 6) is 1.18. The van der Waals surface area contributed by atoms with Crippen LogP contribution in [0.3, 0.4) is 0 Å². The van der Waals surface area contributed by atoms with Gasteiger partial charge in [-0.2, -0.15) is 0 Å². The minimum absolute atomic E-state index is 0.000356. The normalized spacial score (nSPS) is 16.9. The Kier molecular flexibility index (Phi) is 7.01. The van der Waals surface area contributed by atoms with Gasteiger partial charge >= 0.3 is 5.97 Å². The Bertz CT molecular complexity index is 910. The second-order valence-corrected chi connectivity index (χ2v) is 8.87. The van der Waals surface area contributed by atoms with Crippen molar-refractivity contribution in [2.24, 2.45) is 0 Å². The molecule has 0 N–H and O–H groups in total. The van der Waals surface area contributed by atoms with Gasteiger partial charge < -0.3 is 19.1 Å². The fraction of sp³-hybridized carbons (Fsp3) is 0.440. The summed E-state index contributed by atoms with van der Waals surface area (Å²) in [5.41, 5.74) is 2.59. The van der Waals surface area contributed by atoms with Crippen molar-refractivity contribution in [1.29, 1.82) is 0 Å². The molecule has 1 atom stereocenters. The largest absolute Gasteiger partial charge is 0.460 e. The number of ether oxygens (including phenoxy) is 3. The zero-order valence-corrected chi connectivity index (χ0v) is 18.9. The van der Waals surface area contributed by atoms with Crippen LogP contribution in [-0.2, 0) is 19.1 Å². The van der Waals surface area contributed by atoms with Crippen LogP contribution in [0.25, 0.3) is 0 Å². The molecule has 6 nitrogen and oxygen atoms in total. The number of hydrogen-bond acceptors (Lipinski definition) is 5. The summed E-state index contributed by atoms with van der Waals surface area (Å²) in [5, 5.41) is 0. The number of carbonyl (C=O) groups is 2. The highest BCUT2D eigenvalue weighted by Gasteiger charge is 2.28. The first-order valence-corrected chi connectivity index (χ1v) is 10.6. The zero-order valence-electron chi connectivity index (χ0n) is 18.9. The Labute approximate surface area is 184 Å². The van der Waals surface area contributed by atoms with Crippen molar-refractivity contribution in [3.63, 3.8) is 0 Å². The molecule has 1 aliphatic heterocycles. The van der Waals surface area contributed by atoms with Crippen LogP contribution in [0.2, 0.25) is 0 Å². The van der Waals surface area contributed by atoms with E-state index in [1.165, 1.54) is 0 Å². The third-order valence-electron chi connectivity index (χ3n) is 5.03. The highest BCUT2D eigenvalue weighted by atomic mass is 16.6. The number of carbonyl (C=O) groups excluding carboxylic acids is 2. The average molecular weight is 426 g/mol. The molecule has 31 heavy (non-hydrogen) atoms. The molecule has 0 spiro atoms. The van der Waals surface area contributed by atoms with Gasteiger partial charge in [-0.1, -0.05) is 30.3 Å². The Morgan fingerprint density at radius 1 is 1.10 bits per heavy atom. The van der Waals surface area contributed by atoms with Crippen LogP contribution < -0.4 is 4.74 Å². The van der Waals surface area contributed by atoms with Gasteiger partial charge in [-0.25, -0.2) is 0 Å². The van der Waals surface area contributed by atoms with E-state index in [1.54, 1.807) is 4.90 Å². The van der Waals surface area contributed by atoms with Gasteiger partial charge in [-0.3, -0.25) is 9.59 Å². The second kappa shape index (κ2) is 9.52. The number of benzene rings is 2. The topological polar surface area (TPSA) is 65.1 Å². The lowest BCUT2D eigenvalue weighted by atomic mass is 10.1. The molecule has 166 valence electrons. The molecule has 0 saturated carbocycles. The zero-order chi connectivity index (χ0) is 22.6. The number of para-hydroxylation sites is 1. The van der Waals surface area contributed by atoms with Crippen molar-refractivity contribution in [2.45, 2.75) is 52.7 Å². The fourth-order valence-corrected chi connectivity index (χ4v) is 3.48. The number of rotatable bonds is 6. The number of esters is 1. The minimum atomic E-state index is -0.532. The molecular formula is C25H31NO5. The van der Waals surface area contributed by atoms with Crippen LogP contribution in [0.4, 0.5) is 0 Å². The third kappa shape index (κ3) is 6.31. The predicted octanol–water partition coefficient (Wildman–Crippen LogP) is 4.73. The maximum Gasteiger partial charge on any atom is 0.308 e. The lowest BCUT2D eigenvalue weighted by molar-refractivity contribution is -0.157. The summed E-state index contributed by atoms with van der Waals surface area (Å²) in [4.78, 5) is 25.9. The van der Waals surface area contributed by atoms with E-state index < -0.39 is 5.60 Å². The van der Waals surface area contributed by atoms with Crippen molar-refractivity contribution in [3.05, 3.63) is 59.2 Å². The van der Waals surface area contributed by atoms with Crippen molar-refractivity contribution in [2.75, 3.05) is 19.7 Å². The van der Waals surface area contributed by atoms with Gasteiger partial charge in [-0.15, -0.1) is 0 Å². The van der Waals surface area contributed by atoms with Crippen LogP contribution >= 0.6 is 0 Å². The molecule has 1 unspecified atom stereocenters. The van der Waals surface area contributed by atoms with Crippen LogP contribution in [0.15, 0.2) is 42.5 Å². The summed E-state index contributed by atoms with van der Waals surface area (Å²) in [7, 11) is 0. The van der Waals surface area contributed by atoms with Crippen LogP contribution in [-0.4, -0.2) is 42.1 Å². The summed E-state index contributed by atoms with van der Waals surface area (Å²) in [6, 6.07) is 13.8. The van der Waals surface area contributed by atoms with Gasteiger partial charge in [0, 0.05) is 6.54 Å². The lowest BCUT2D eigenvalue weighted by Gasteiger charge is -2.33. The van der Waals surface area contributed by atoms with Crippen LogP contribution in [0.5, 0.6) is 11.5 Å². The first-order chi connectivity index (χ1) is 14.6. The van der Waals surface area contributed by atoms with Gasteiger partial charge in [0.05, 0.1) is 13.0 Å². The molecule has 1 aliphatic rings. The van der Waals surface area contributed by atoms with Crippen LogP contribution in [0, 0.1) is 13.8 Å². The molecule has 0 aliphatic carbocycles. The second-order valence-electron chi connectivity index (χ2n) is 8.87. The monoisotopic (exact) mass is 425 g/mol. The first kappa shape index (κ1) is 22.8. The number of aryl methyl sites for hydroxylation is 2.